The molecule has 22 heavy (non-hydrogen) atoms. The van der Waals surface area contributed by atoms with E-state index in [-0.39, 0.29) is 29.6 Å². The number of hydrogen-bond acceptors (Lipinski definition) is 3. The normalized spacial score (nSPS) is 11.2. The summed E-state index contributed by atoms with van der Waals surface area (Å²) in [4.78, 5) is 25.0. The Morgan fingerprint density at radius 1 is 1.41 bits per heavy atom. The molecule has 0 unspecified atom stereocenters. The van der Waals surface area contributed by atoms with E-state index in [4.69, 9.17) is 5.26 Å². The van der Waals surface area contributed by atoms with Crippen molar-refractivity contribution in [1.82, 2.24) is 10.2 Å². The van der Waals surface area contributed by atoms with Crippen molar-refractivity contribution in [2.45, 2.75) is 25.8 Å². The predicted octanol–water partition coefficient (Wildman–Crippen LogP) is 2.34. The molecule has 0 aliphatic heterocycles. The minimum Gasteiger partial charge on any atom is -0.345 e. The maximum absolute atomic E-state index is 13.7. The van der Waals surface area contributed by atoms with Gasteiger partial charge in [0.2, 0.25) is 0 Å². The lowest BCUT2D eigenvalue weighted by atomic mass is 10.1. The van der Waals surface area contributed by atoms with Crippen LogP contribution in [0.1, 0.15) is 30.1 Å². The van der Waals surface area contributed by atoms with Crippen LogP contribution < -0.4 is 10.6 Å². The van der Waals surface area contributed by atoms with E-state index in [1.54, 1.807) is 14.1 Å². The number of urea groups is 1. The molecule has 118 valence electrons. The molecule has 0 radical (unpaired) electrons. The van der Waals surface area contributed by atoms with Gasteiger partial charge < -0.3 is 15.5 Å². The van der Waals surface area contributed by atoms with Crippen LogP contribution in [-0.2, 0) is 0 Å². The van der Waals surface area contributed by atoms with E-state index < -0.39 is 11.8 Å². The number of nitriles is 1. The van der Waals surface area contributed by atoms with Crippen LogP contribution in [0.15, 0.2) is 18.2 Å². The van der Waals surface area contributed by atoms with Gasteiger partial charge in [-0.3, -0.25) is 4.79 Å². The first kappa shape index (κ1) is 17.4. The summed E-state index contributed by atoms with van der Waals surface area (Å²) in [5.41, 5.74) is 0.183. The quantitative estimate of drug-likeness (QED) is 0.875. The monoisotopic (exact) mass is 306 g/mol. The number of anilines is 1. The molecule has 0 saturated heterocycles. The van der Waals surface area contributed by atoms with Gasteiger partial charge in [-0.05, 0) is 24.6 Å². The summed E-state index contributed by atoms with van der Waals surface area (Å²) in [5.74, 6) is -0.932. The van der Waals surface area contributed by atoms with E-state index in [0.717, 1.165) is 6.07 Å². The number of benzene rings is 1. The summed E-state index contributed by atoms with van der Waals surface area (Å²) in [6.07, 6.45) is 0.758. The molecule has 0 aliphatic carbocycles. The standard InChI is InChI=1S/C15H19FN4O2/c1-4-11(7-8-17)18-15(22)19-13-9-10(5-6-12(13)16)14(21)20(2)3/h5-6,9,11H,4,7H2,1-3H3,(H2,18,19,22)/t11-/m1/s1. The van der Waals surface area contributed by atoms with Gasteiger partial charge in [-0.1, -0.05) is 6.92 Å². The number of nitrogens with zero attached hydrogens (tertiary/aromatic N) is 2. The highest BCUT2D eigenvalue weighted by Crippen LogP contribution is 2.17. The molecule has 0 aromatic heterocycles. The van der Waals surface area contributed by atoms with Crippen molar-refractivity contribution in [3.63, 3.8) is 0 Å². The van der Waals surface area contributed by atoms with Crippen molar-refractivity contribution in [1.29, 1.82) is 5.26 Å². The number of carbonyl (C=O) groups excluding carboxylic acids is 2. The average molecular weight is 306 g/mol. The Hall–Kier alpha value is -2.62. The van der Waals surface area contributed by atoms with E-state index in [9.17, 15) is 14.0 Å². The van der Waals surface area contributed by atoms with E-state index >= 15 is 0 Å². The SMILES string of the molecule is CC[C@H](CC#N)NC(=O)Nc1cc(C(=O)N(C)C)ccc1F. The molecule has 1 aromatic rings. The molecule has 0 fully saturated rings. The van der Waals surface area contributed by atoms with Crippen LogP contribution in [0.4, 0.5) is 14.9 Å². The molecular weight excluding hydrogens is 287 g/mol. The van der Waals surface area contributed by atoms with Gasteiger partial charge in [-0.2, -0.15) is 5.26 Å². The van der Waals surface area contributed by atoms with Crippen LogP contribution in [0.5, 0.6) is 0 Å². The van der Waals surface area contributed by atoms with Gasteiger partial charge >= 0.3 is 6.03 Å². The highest BCUT2D eigenvalue weighted by Gasteiger charge is 2.15. The maximum Gasteiger partial charge on any atom is 0.319 e. The first-order valence-corrected chi connectivity index (χ1v) is 6.84. The van der Waals surface area contributed by atoms with Crippen molar-refractivity contribution in [2.24, 2.45) is 0 Å². The third-order valence-corrected chi connectivity index (χ3v) is 3.03. The van der Waals surface area contributed by atoms with Gasteiger partial charge in [0.15, 0.2) is 0 Å². The molecule has 1 atom stereocenters. The highest BCUT2D eigenvalue weighted by atomic mass is 19.1. The zero-order valence-corrected chi connectivity index (χ0v) is 12.8. The number of hydrogen-bond donors (Lipinski definition) is 2. The molecule has 3 amide bonds. The average Bonchev–Trinajstić information content (AvgIpc) is 2.48. The lowest BCUT2D eigenvalue weighted by Gasteiger charge is -2.16. The number of carbonyl (C=O) groups is 2. The lowest BCUT2D eigenvalue weighted by molar-refractivity contribution is 0.0827. The first-order chi connectivity index (χ1) is 10.4. The Morgan fingerprint density at radius 3 is 2.64 bits per heavy atom. The van der Waals surface area contributed by atoms with Crippen molar-refractivity contribution in [3.05, 3.63) is 29.6 Å². The second-order valence-electron chi connectivity index (χ2n) is 4.96. The van der Waals surface area contributed by atoms with Crippen LogP contribution in [0, 0.1) is 17.1 Å². The van der Waals surface area contributed by atoms with E-state index in [2.05, 4.69) is 10.6 Å². The first-order valence-electron chi connectivity index (χ1n) is 6.84. The smallest absolute Gasteiger partial charge is 0.319 e. The fraction of sp³-hybridized carbons (Fsp3) is 0.400. The predicted molar refractivity (Wildman–Crippen MR) is 80.9 cm³/mol. The van der Waals surface area contributed by atoms with Gasteiger partial charge in [0.25, 0.3) is 5.91 Å². The van der Waals surface area contributed by atoms with E-state index in [1.165, 1.54) is 17.0 Å². The molecule has 1 rings (SSSR count). The van der Waals surface area contributed by atoms with Crippen molar-refractivity contribution in [3.8, 4) is 6.07 Å². The fourth-order valence-electron chi connectivity index (χ4n) is 1.76. The van der Waals surface area contributed by atoms with Crippen molar-refractivity contribution < 1.29 is 14.0 Å². The summed E-state index contributed by atoms with van der Waals surface area (Å²) in [6.45, 7) is 1.83. The Kier molecular flexibility index (Phi) is 6.32. The number of nitrogens with one attached hydrogen (secondary N) is 2. The Morgan fingerprint density at radius 2 is 2.09 bits per heavy atom. The van der Waals surface area contributed by atoms with Gasteiger partial charge in [0.05, 0.1) is 18.2 Å². The third-order valence-electron chi connectivity index (χ3n) is 3.03. The van der Waals surface area contributed by atoms with Crippen molar-refractivity contribution >= 4 is 17.6 Å². The molecule has 0 spiro atoms. The van der Waals surface area contributed by atoms with Gasteiger partial charge in [-0.25, -0.2) is 9.18 Å². The maximum atomic E-state index is 13.7. The summed E-state index contributed by atoms with van der Waals surface area (Å²) in [7, 11) is 3.17. The minimum atomic E-state index is -0.640. The second-order valence-corrected chi connectivity index (χ2v) is 4.96. The van der Waals surface area contributed by atoms with Gasteiger partial charge in [-0.15, -0.1) is 0 Å². The van der Waals surface area contributed by atoms with Crippen LogP contribution in [0.25, 0.3) is 0 Å². The highest BCUT2D eigenvalue weighted by molar-refractivity contribution is 5.96. The summed E-state index contributed by atoms with van der Waals surface area (Å²) in [5, 5.41) is 13.6. The molecular formula is C15H19FN4O2. The number of amides is 3. The molecule has 0 bridgehead atoms. The zero-order valence-electron chi connectivity index (χ0n) is 12.8. The topological polar surface area (TPSA) is 85.2 Å². The fourth-order valence-corrected chi connectivity index (χ4v) is 1.76. The Labute approximate surface area is 128 Å². The third kappa shape index (κ3) is 4.74. The Balaban J connectivity index is 2.84. The number of rotatable bonds is 5. The molecule has 1 aromatic carbocycles. The summed E-state index contributed by atoms with van der Waals surface area (Å²) < 4.78 is 13.7. The van der Waals surface area contributed by atoms with Crippen LogP contribution >= 0.6 is 0 Å². The second kappa shape index (κ2) is 7.98. The Bertz CT molecular complexity index is 596. The van der Waals surface area contributed by atoms with Crippen LogP contribution in [0.3, 0.4) is 0 Å². The zero-order chi connectivity index (χ0) is 16.7. The van der Waals surface area contributed by atoms with E-state index in [0.29, 0.717) is 6.42 Å². The van der Waals surface area contributed by atoms with Gasteiger partial charge in [0.1, 0.15) is 5.82 Å². The number of halogens is 1. The molecule has 0 aliphatic rings. The lowest BCUT2D eigenvalue weighted by Crippen LogP contribution is -2.37. The minimum absolute atomic E-state index is 0.0861. The largest absolute Gasteiger partial charge is 0.345 e. The van der Waals surface area contributed by atoms with E-state index in [1.807, 2.05) is 13.0 Å². The molecule has 2 N–H and O–H groups in total. The summed E-state index contributed by atoms with van der Waals surface area (Å²) in [6, 6.07) is 4.80. The van der Waals surface area contributed by atoms with Crippen LogP contribution in [-0.4, -0.2) is 37.0 Å². The molecule has 0 heterocycles. The molecule has 6 nitrogen and oxygen atoms in total. The molecule has 7 heteroatoms. The van der Waals surface area contributed by atoms with Crippen molar-refractivity contribution in [2.75, 3.05) is 19.4 Å². The molecule has 0 saturated carbocycles. The van der Waals surface area contributed by atoms with Gasteiger partial charge in [0, 0.05) is 25.7 Å². The summed E-state index contributed by atoms with van der Waals surface area (Å²) >= 11 is 0. The van der Waals surface area contributed by atoms with Crippen LogP contribution in [0.2, 0.25) is 0 Å².